The molecule has 2 atom stereocenters. The predicted octanol–water partition coefficient (Wildman–Crippen LogP) is 8.37. The zero-order chi connectivity index (χ0) is 32.3. The minimum atomic E-state index is -4.90. The number of rotatable bonds is 3. The lowest BCUT2D eigenvalue weighted by Gasteiger charge is -2.24. The van der Waals surface area contributed by atoms with Crippen LogP contribution in [0.4, 0.5) is 5.69 Å². The molecule has 1 aliphatic heterocycles. The van der Waals surface area contributed by atoms with E-state index in [0.717, 1.165) is 12.1 Å². The number of hydrogen-bond acceptors (Lipinski definition) is 7. The van der Waals surface area contributed by atoms with Crippen LogP contribution in [0.25, 0.3) is 16.5 Å². The molecule has 0 fully saturated rings. The number of Topliss-reactive ketones (excluding diaryl/α,β-unsaturated/α-hetero) is 1. The van der Waals surface area contributed by atoms with Gasteiger partial charge in [-0.15, -0.1) is 0 Å². The highest BCUT2D eigenvalue weighted by molar-refractivity contribution is 7.85. The summed E-state index contributed by atoms with van der Waals surface area (Å²) in [6.45, 7) is 0. The Hall–Kier alpha value is -2.09. The summed E-state index contributed by atoms with van der Waals surface area (Å²) < 4.78 is 34.2. The van der Waals surface area contributed by atoms with Gasteiger partial charge in [0.15, 0.2) is 5.78 Å². The van der Waals surface area contributed by atoms with Gasteiger partial charge in [0, 0.05) is 10.4 Å². The Labute approximate surface area is 286 Å². The van der Waals surface area contributed by atoms with Crippen LogP contribution in [-0.4, -0.2) is 40.7 Å². The first-order chi connectivity index (χ1) is 20.5. The minimum absolute atomic E-state index is 0.00594. The summed E-state index contributed by atoms with van der Waals surface area (Å²) in [5.41, 5.74) is -1.99. The molecule has 0 bridgehead atoms. The molecule has 0 radical (unpaired) electrons. The summed E-state index contributed by atoms with van der Waals surface area (Å²) in [7, 11) is -4.90. The van der Waals surface area contributed by atoms with Crippen molar-refractivity contribution in [2.75, 3.05) is 4.90 Å². The molecule has 226 valence electrons. The third-order valence-corrected chi connectivity index (χ3v) is 11.8. The number of imide groups is 1. The number of allylic oxidation sites excluding steroid dienone is 5. The number of halogens is 8. The molecule has 6 rings (SSSR count). The van der Waals surface area contributed by atoms with Crippen LogP contribution in [0.1, 0.15) is 26.4 Å². The summed E-state index contributed by atoms with van der Waals surface area (Å²) in [6, 6.07) is 4.37. The molecule has 0 saturated heterocycles. The molecule has 0 saturated carbocycles. The van der Waals surface area contributed by atoms with Gasteiger partial charge in [-0.3, -0.25) is 18.9 Å². The third kappa shape index (κ3) is 4.42. The Morgan fingerprint density at radius 2 is 1.27 bits per heavy atom. The van der Waals surface area contributed by atoms with Gasteiger partial charge >= 0.3 is 0 Å². The monoisotopic (exact) mass is 772 g/mol. The standard InChI is InChI=1S/C26H8Cl8N2O7S/c27-14-10-11(15(28)19(32)18(14)31)24(38)9(23(10)37)7-2-1-5-3-6(44(41,42)43)4-8(22(5)35-7)36-25(39)12-13(26(36)40)17(30)21(34)20(33)16(12)29/h1-4,10-11,37H,(H,41,42,43). The maximum Gasteiger partial charge on any atom is 0.294 e. The van der Waals surface area contributed by atoms with Gasteiger partial charge in [0.2, 0.25) is 0 Å². The molecule has 2 unspecified atom stereocenters. The number of carbonyl (C=O) groups is 3. The van der Waals surface area contributed by atoms with E-state index in [0.29, 0.717) is 4.90 Å². The van der Waals surface area contributed by atoms with Crippen molar-refractivity contribution in [3.63, 3.8) is 0 Å². The van der Waals surface area contributed by atoms with E-state index in [4.69, 9.17) is 92.8 Å². The van der Waals surface area contributed by atoms with Gasteiger partial charge in [0.1, 0.15) is 5.76 Å². The van der Waals surface area contributed by atoms with E-state index in [9.17, 15) is 32.5 Å². The summed E-state index contributed by atoms with van der Waals surface area (Å²) in [6.07, 6.45) is 0. The second kappa shape index (κ2) is 10.7. The molecule has 2 N–H and O–H groups in total. The zero-order valence-electron chi connectivity index (χ0n) is 20.7. The summed E-state index contributed by atoms with van der Waals surface area (Å²) in [5.74, 6) is -5.78. The number of ketones is 1. The van der Waals surface area contributed by atoms with Gasteiger partial charge in [-0.05, 0) is 18.2 Å². The van der Waals surface area contributed by atoms with E-state index < -0.39 is 67.0 Å². The van der Waals surface area contributed by atoms with Gasteiger partial charge in [-0.1, -0.05) is 98.9 Å². The highest BCUT2D eigenvalue weighted by atomic mass is 35.5. The third-order valence-electron chi connectivity index (χ3n) is 7.21. The van der Waals surface area contributed by atoms with E-state index in [1.807, 2.05) is 0 Å². The Balaban J connectivity index is 1.60. The first-order valence-electron chi connectivity index (χ1n) is 11.7. The predicted molar refractivity (Wildman–Crippen MR) is 168 cm³/mol. The topological polar surface area (TPSA) is 142 Å². The van der Waals surface area contributed by atoms with Crippen LogP contribution >= 0.6 is 92.8 Å². The average Bonchev–Trinajstić information content (AvgIpc) is 3.39. The highest BCUT2D eigenvalue weighted by Crippen LogP contribution is 2.54. The molecule has 3 aliphatic rings. The van der Waals surface area contributed by atoms with Crippen LogP contribution in [-0.2, 0) is 14.9 Å². The molecule has 18 heteroatoms. The Morgan fingerprint density at radius 1 is 0.750 bits per heavy atom. The summed E-state index contributed by atoms with van der Waals surface area (Å²) >= 11 is 49.7. The number of pyridine rings is 1. The molecule has 2 amide bonds. The lowest BCUT2D eigenvalue weighted by molar-refractivity contribution is -0.116. The number of carbonyl (C=O) groups excluding carboxylic acids is 3. The number of aliphatic hydroxyl groups excluding tert-OH is 1. The molecule has 2 heterocycles. The fourth-order valence-corrected chi connectivity index (χ4v) is 7.96. The summed E-state index contributed by atoms with van der Waals surface area (Å²) in [4.78, 5) is 45.1. The fraction of sp³-hybridized carbons (Fsp3) is 0.0769. The zero-order valence-corrected chi connectivity index (χ0v) is 27.6. The Bertz CT molecular complexity index is 2130. The smallest absolute Gasteiger partial charge is 0.294 e. The highest BCUT2D eigenvalue weighted by Gasteiger charge is 2.50. The summed E-state index contributed by atoms with van der Waals surface area (Å²) in [5, 5.41) is 9.14. The first-order valence-corrected chi connectivity index (χ1v) is 16.2. The van der Waals surface area contributed by atoms with E-state index in [1.54, 1.807) is 0 Å². The van der Waals surface area contributed by atoms with Gasteiger partial charge in [-0.2, -0.15) is 8.42 Å². The van der Waals surface area contributed by atoms with Gasteiger partial charge in [-0.25, -0.2) is 9.88 Å². The first kappa shape index (κ1) is 31.9. The number of nitrogens with zero attached hydrogens (tertiary/aromatic N) is 2. The number of hydrogen-bond donors (Lipinski definition) is 2. The van der Waals surface area contributed by atoms with E-state index in [-0.39, 0.29) is 62.4 Å². The van der Waals surface area contributed by atoms with E-state index >= 15 is 0 Å². The van der Waals surface area contributed by atoms with Crippen molar-refractivity contribution in [2.24, 2.45) is 11.8 Å². The van der Waals surface area contributed by atoms with Crippen LogP contribution in [0.3, 0.4) is 0 Å². The van der Waals surface area contributed by atoms with Crippen LogP contribution < -0.4 is 4.90 Å². The van der Waals surface area contributed by atoms with Crippen molar-refractivity contribution < 1.29 is 32.5 Å². The number of aromatic nitrogens is 1. The molecular weight excluding hydrogens is 768 g/mol. The molecule has 44 heavy (non-hydrogen) atoms. The van der Waals surface area contributed by atoms with Crippen molar-refractivity contribution in [2.45, 2.75) is 4.90 Å². The number of anilines is 1. The van der Waals surface area contributed by atoms with Crippen molar-refractivity contribution in [1.82, 2.24) is 4.98 Å². The molecule has 2 aliphatic carbocycles. The maximum absolute atomic E-state index is 13.7. The van der Waals surface area contributed by atoms with E-state index in [2.05, 4.69) is 4.98 Å². The fourth-order valence-electron chi connectivity index (χ4n) is 5.23. The second-order valence-electron chi connectivity index (χ2n) is 9.54. The van der Waals surface area contributed by atoms with Gasteiger partial charge in [0.25, 0.3) is 21.9 Å². The van der Waals surface area contributed by atoms with Crippen LogP contribution in [0.2, 0.25) is 20.1 Å². The molecule has 0 spiro atoms. The van der Waals surface area contributed by atoms with Crippen LogP contribution in [0, 0.1) is 11.8 Å². The number of amides is 2. The van der Waals surface area contributed by atoms with Crippen molar-refractivity contribution in [1.29, 1.82) is 0 Å². The molecule has 2 aromatic carbocycles. The van der Waals surface area contributed by atoms with Crippen molar-refractivity contribution in [3.05, 3.63) is 87.1 Å². The largest absolute Gasteiger partial charge is 0.511 e. The number of benzene rings is 2. The minimum Gasteiger partial charge on any atom is -0.511 e. The molecule has 9 nitrogen and oxygen atoms in total. The van der Waals surface area contributed by atoms with E-state index in [1.165, 1.54) is 12.1 Å². The Morgan fingerprint density at radius 3 is 1.80 bits per heavy atom. The SMILES string of the molecule is O=C1C(c2ccc3cc(S(=O)(=O)O)cc(N4C(=O)c5c(Cl)c(Cl)c(Cl)c(Cl)c5C4=O)c3n2)=C(O)C2C(Cl)=C(Cl)C(Cl)=C(Cl)C12. The van der Waals surface area contributed by atoms with Crippen LogP contribution in [0.5, 0.6) is 0 Å². The number of fused-ring (bicyclic) bond motifs is 3. The average molecular weight is 776 g/mol. The normalized spacial score (nSPS) is 20.5. The van der Waals surface area contributed by atoms with Crippen molar-refractivity contribution >= 4 is 143 Å². The molecule has 1 aromatic heterocycles. The molecular formula is C26H8Cl8N2O7S. The molecule has 3 aromatic rings. The van der Waals surface area contributed by atoms with Gasteiger partial charge < -0.3 is 5.11 Å². The Kier molecular flexibility index (Phi) is 7.78. The van der Waals surface area contributed by atoms with Crippen molar-refractivity contribution in [3.8, 4) is 0 Å². The lowest BCUT2D eigenvalue weighted by atomic mass is 9.89. The lowest BCUT2D eigenvalue weighted by Crippen LogP contribution is -2.30. The quantitative estimate of drug-likeness (QED) is 0.117. The number of aliphatic hydroxyl groups is 1. The van der Waals surface area contributed by atoms with Crippen LogP contribution in [0.15, 0.2) is 55.0 Å². The maximum atomic E-state index is 13.7. The van der Waals surface area contributed by atoms with Gasteiger partial charge in [0.05, 0.1) is 85.5 Å². The second-order valence-corrected chi connectivity index (χ2v) is 14.0.